The Morgan fingerprint density at radius 2 is 1.94 bits per heavy atom. The van der Waals surface area contributed by atoms with Gasteiger partial charge >= 0.3 is 18.2 Å². The van der Waals surface area contributed by atoms with E-state index in [0.717, 1.165) is 12.1 Å². The molecule has 0 N–H and O–H groups in total. The number of imidazole rings is 1. The first kappa shape index (κ1) is 21.4. The topological polar surface area (TPSA) is 116 Å². The molecule has 0 saturated heterocycles. The lowest BCUT2D eigenvalue weighted by Gasteiger charge is -2.22. The summed E-state index contributed by atoms with van der Waals surface area (Å²) in [7, 11) is 0. The summed E-state index contributed by atoms with van der Waals surface area (Å²) >= 11 is 0. The third kappa shape index (κ3) is 4.88. The molecule has 3 aromatic rings. The van der Waals surface area contributed by atoms with Crippen LogP contribution in [0.25, 0.3) is 11.1 Å². The molecule has 32 heavy (non-hydrogen) atoms. The highest BCUT2D eigenvalue weighted by Crippen LogP contribution is 2.26. The number of hydrogen-bond donors (Lipinski definition) is 0. The van der Waals surface area contributed by atoms with Crippen LogP contribution in [-0.2, 0) is 17.9 Å². The van der Waals surface area contributed by atoms with Crippen molar-refractivity contribution in [1.29, 1.82) is 0 Å². The van der Waals surface area contributed by atoms with E-state index < -0.39 is 17.4 Å². The van der Waals surface area contributed by atoms with Gasteiger partial charge in [-0.25, -0.2) is 0 Å². The number of nitrogens with zero attached hydrogens (tertiary/aromatic N) is 4. The van der Waals surface area contributed by atoms with Crippen LogP contribution in [0.2, 0.25) is 0 Å². The lowest BCUT2D eigenvalue weighted by atomic mass is 10.1. The average molecular weight is 452 g/mol. The zero-order valence-electron chi connectivity index (χ0n) is 16.2. The molecular formula is C19H15F3N4O6. The monoisotopic (exact) mass is 452 g/mol. The van der Waals surface area contributed by atoms with Gasteiger partial charge in [0.1, 0.15) is 31.3 Å². The van der Waals surface area contributed by atoms with Gasteiger partial charge in [-0.05, 0) is 28.7 Å². The van der Waals surface area contributed by atoms with Gasteiger partial charge in [0.25, 0.3) is 0 Å². The Labute approximate surface area is 178 Å². The van der Waals surface area contributed by atoms with Crippen molar-refractivity contribution in [3.05, 3.63) is 69.8 Å². The molecule has 0 fully saturated rings. The van der Waals surface area contributed by atoms with E-state index in [0.29, 0.717) is 21.6 Å². The Morgan fingerprint density at radius 1 is 1.22 bits per heavy atom. The van der Waals surface area contributed by atoms with Crippen LogP contribution in [0, 0.1) is 15.3 Å². The summed E-state index contributed by atoms with van der Waals surface area (Å²) in [5.74, 6) is -0.686. The zero-order valence-corrected chi connectivity index (χ0v) is 16.2. The van der Waals surface area contributed by atoms with Gasteiger partial charge in [-0.2, -0.15) is 4.73 Å². The summed E-state index contributed by atoms with van der Waals surface area (Å²) in [6.07, 6.45) is -2.69. The van der Waals surface area contributed by atoms with Crippen LogP contribution in [0.15, 0.2) is 48.8 Å². The van der Waals surface area contributed by atoms with Gasteiger partial charge in [0, 0.05) is 16.6 Å². The van der Waals surface area contributed by atoms with Crippen LogP contribution in [0.1, 0.15) is 5.69 Å². The van der Waals surface area contributed by atoms with Crippen LogP contribution in [0.3, 0.4) is 0 Å². The highest BCUT2D eigenvalue weighted by Gasteiger charge is 2.31. The molecule has 0 radical (unpaired) electrons. The fraction of sp³-hybridized carbons (Fsp3) is 0.263. The maximum absolute atomic E-state index is 12.4. The molecule has 2 aromatic heterocycles. The number of alkyl halides is 3. The maximum Gasteiger partial charge on any atom is 0.573 e. The Morgan fingerprint density at radius 3 is 2.59 bits per heavy atom. The summed E-state index contributed by atoms with van der Waals surface area (Å²) in [6, 6.07) is 8.45. The standard InChI is InChI=1S/C19H15F3N4O6/c20-19(21,22)32-15-5-2-12(3-6-15)13-1-4-14(25(27)7-13)10-30-16-8-24-9-17(26(28)29)23-18(24)31-11-16/h1-7,9,16H,8,10-11H2/t16-/m0/s1. The van der Waals surface area contributed by atoms with Gasteiger partial charge in [-0.3, -0.25) is 4.57 Å². The second kappa shape index (κ2) is 8.34. The molecule has 1 aliphatic heterocycles. The minimum Gasteiger partial charge on any atom is -0.618 e. The first-order chi connectivity index (χ1) is 15.2. The molecule has 0 bridgehead atoms. The van der Waals surface area contributed by atoms with Crippen molar-refractivity contribution in [1.82, 2.24) is 9.55 Å². The van der Waals surface area contributed by atoms with Crippen molar-refractivity contribution in [2.75, 3.05) is 6.61 Å². The molecule has 168 valence electrons. The Kier molecular flexibility index (Phi) is 5.57. The predicted molar refractivity (Wildman–Crippen MR) is 100 cm³/mol. The van der Waals surface area contributed by atoms with Crippen LogP contribution in [0.5, 0.6) is 11.8 Å². The van der Waals surface area contributed by atoms with Crippen LogP contribution < -0.4 is 14.2 Å². The molecule has 4 rings (SSSR count). The fourth-order valence-corrected chi connectivity index (χ4v) is 3.11. The van der Waals surface area contributed by atoms with Crippen molar-refractivity contribution < 1.29 is 37.0 Å². The summed E-state index contributed by atoms with van der Waals surface area (Å²) in [5.41, 5.74) is 1.33. The molecule has 0 amide bonds. The van der Waals surface area contributed by atoms with Crippen molar-refractivity contribution in [2.24, 2.45) is 0 Å². The molecule has 0 saturated carbocycles. The normalized spacial score (nSPS) is 15.7. The van der Waals surface area contributed by atoms with Crippen molar-refractivity contribution in [3.63, 3.8) is 0 Å². The molecule has 3 heterocycles. The number of ether oxygens (including phenoxy) is 3. The molecule has 0 unspecified atom stereocenters. The smallest absolute Gasteiger partial charge is 0.573 e. The number of benzene rings is 1. The SMILES string of the molecule is O=[N+]([O-])c1cn2c(n1)OC[C@@H](OCc1ccc(-c3ccc(OC(F)(F)F)cc3)c[n+]1[O-])C2. The number of pyridine rings is 1. The van der Waals surface area contributed by atoms with Gasteiger partial charge in [-0.15, -0.1) is 13.2 Å². The Hall–Kier alpha value is -3.87. The lowest BCUT2D eigenvalue weighted by molar-refractivity contribution is -0.616. The summed E-state index contributed by atoms with van der Waals surface area (Å²) in [5, 5.41) is 23.2. The van der Waals surface area contributed by atoms with Gasteiger partial charge in [0.05, 0.1) is 6.54 Å². The average Bonchev–Trinajstić information content (AvgIpc) is 3.16. The maximum atomic E-state index is 12.4. The highest BCUT2D eigenvalue weighted by atomic mass is 19.4. The Bertz CT molecular complexity index is 1130. The van der Waals surface area contributed by atoms with Gasteiger partial charge in [0.15, 0.2) is 6.20 Å². The van der Waals surface area contributed by atoms with E-state index >= 15 is 0 Å². The van der Waals surface area contributed by atoms with E-state index in [9.17, 15) is 28.5 Å². The highest BCUT2D eigenvalue weighted by molar-refractivity contribution is 5.62. The van der Waals surface area contributed by atoms with E-state index in [4.69, 9.17) is 9.47 Å². The minimum atomic E-state index is -4.78. The van der Waals surface area contributed by atoms with E-state index in [1.165, 1.54) is 29.1 Å². The van der Waals surface area contributed by atoms with Crippen LogP contribution in [0.4, 0.5) is 19.0 Å². The van der Waals surface area contributed by atoms with E-state index in [-0.39, 0.29) is 37.3 Å². The van der Waals surface area contributed by atoms with Crippen molar-refractivity contribution >= 4 is 5.82 Å². The predicted octanol–water partition coefficient (Wildman–Crippen LogP) is 2.97. The number of hydrogen-bond acceptors (Lipinski definition) is 7. The summed E-state index contributed by atoms with van der Waals surface area (Å²) in [4.78, 5) is 13.9. The molecule has 10 nitrogen and oxygen atoms in total. The number of halogens is 3. The van der Waals surface area contributed by atoms with Gasteiger partial charge in [-0.1, -0.05) is 12.1 Å². The molecule has 1 aromatic carbocycles. The van der Waals surface area contributed by atoms with E-state index in [1.807, 2.05) is 0 Å². The van der Waals surface area contributed by atoms with E-state index in [1.54, 1.807) is 12.1 Å². The Balaban J connectivity index is 1.38. The number of fused-ring (bicyclic) bond motifs is 1. The van der Waals surface area contributed by atoms with Gasteiger partial charge in [0.2, 0.25) is 5.69 Å². The molecule has 13 heteroatoms. The third-order valence-corrected chi connectivity index (χ3v) is 4.60. The molecule has 0 aliphatic carbocycles. The van der Waals surface area contributed by atoms with Gasteiger partial charge < -0.3 is 29.5 Å². The first-order valence-electron chi connectivity index (χ1n) is 9.22. The zero-order chi connectivity index (χ0) is 22.9. The summed E-state index contributed by atoms with van der Waals surface area (Å²) in [6.45, 7) is 0.360. The third-order valence-electron chi connectivity index (χ3n) is 4.60. The second-order valence-electron chi connectivity index (χ2n) is 6.84. The minimum absolute atomic E-state index is 0.0394. The van der Waals surface area contributed by atoms with Crippen LogP contribution in [-0.4, -0.2) is 33.5 Å². The van der Waals surface area contributed by atoms with Crippen molar-refractivity contribution in [3.8, 4) is 22.9 Å². The van der Waals surface area contributed by atoms with Crippen molar-refractivity contribution in [2.45, 2.75) is 25.6 Å². The molecular weight excluding hydrogens is 437 g/mol. The number of aromatic nitrogens is 3. The molecule has 1 aliphatic rings. The van der Waals surface area contributed by atoms with Crippen LogP contribution >= 0.6 is 0 Å². The first-order valence-corrected chi connectivity index (χ1v) is 9.22. The largest absolute Gasteiger partial charge is 0.618 e. The fourth-order valence-electron chi connectivity index (χ4n) is 3.11. The second-order valence-corrected chi connectivity index (χ2v) is 6.84. The number of nitro groups is 1. The quantitative estimate of drug-likeness (QED) is 0.244. The summed E-state index contributed by atoms with van der Waals surface area (Å²) < 4.78 is 53.7. The van der Waals surface area contributed by atoms with E-state index in [2.05, 4.69) is 9.72 Å². The molecule has 0 spiro atoms. The molecule has 1 atom stereocenters. The number of rotatable bonds is 6. The lowest BCUT2D eigenvalue weighted by Crippen LogP contribution is -2.36.